The Bertz CT molecular complexity index is 113. The summed E-state index contributed by atoms with van der Waals surface area (Å²) in [5, 5.41) is 8.81. The summed E-state index contributed by atoms with van der Waals surface area (Å²) >= 11 is 0. The van der Waals surface area contributed by atoms with E-state index in [1.807, 2.05) is 0 Å². The van der Waals surface area contributed by atoms with Gasteiger partial charge >= 0.3 is 0 Å². The number of aliphatic hydroxyl groups is 1. The number of fused-ring (bicyclic) bond motifs is 2. The number of rotatable bonds is 1. The van der Waals surface area contributed by atoms with Gasteiger partial charge in [0.15, 0.2) is 0 Å². The van der Waals surface area contributed by atoms with Crippen molar-refractivity contribution in [2.75, 3.05) is 6.61 Å². The van der Waals surface area contributed by atoms with Crippen LogP contribution in [0.5, 0.6) is 0 Å². The summed E-state index contributed by atoms with van der Waals surface area (Å²) in [7, 11) is 0. The van der Waals surface area contributed by atoms with Crippen LogP contribution in [0, 0.1) is 5.92 Å². The van der Waals surface area contributed by atoms with Crippen molar-refractivity contribution < 1.29 is 9.84 Å². The standard InChI is InChI=1S/C7H12O2/c8-4-5-3-6-1-2-7(5)9-6/h5-8H,1-4H2/t5-,6-,7+/m1/s1. The van der Waals surface area contributed by atoms with E-state index in [1.165, 1.54) is 12.8 Å². The number of hydrogen-bond acceptors (Lipinski definition) is 2. The van der Waals surface area contributed by atoms with E-state index >= 15 is 0 Å². The molecule has 0 aromatic heterocycles. The molecule has 2 fully saturated rings. The smallest absolute Gasteiger partial charge is 0.0630 e. The van der Waals surface area contributed by atoms with E-state index < -0.39 is 0 Å². The summed E-state index contributed by atoms with van der Waals surface area (Å²) < 4.78 is 5.52. The Labute approximate surface area is 54.8 Å². The predicted molar refractivity (Wildman–Crippen MR) is 33.1 cm³/mol. The lowest BCUT2D eigenvalue weighted by molar-refractivity contribution is 0.0795. The maximum absolute atomic E-state index is 8.81. The molecule has 0 aliphatic carbocycles. The summed E-state index contributed by atoms with van der Waals surface area (Å²) in [4.78, 5) is 0. The highest BCUT2D eigenvalue weighted by molar-refractivity contribution is 4.88. The van der Waals surface area contributed by atoms with Gasteiger partial charge in [-0.2, -0.15) is 0 Å². The first-order chi connectivity index (χ1) is 4.40. The minimum Gasteiger partial charge on any atom is -0.396 e. The molecule has 2 saturated heterocycles. The van der Waals surface area contributed by atoms with E-state index in [9.17, 15) is 0 Å². The van der Waals surface area contributed by atoms with Crippen LogP contribution in [0.3, 0.4) is 0 Å². The maximum atomic E-state index is 8.81. The molecule has 0 spiro atoms. The van der Waals surface area contributed by atoms with Crippen LogP contribution in [0.1, 0.15) is 19.3 Å². The van der Waals surface area contributed by atoms with Crippen LogP contribution in [0.15, 0.2) is 0 Å². The molecule has 2 nitrogen and oxygen atoms in total. The second-order valence-corrected chi connectivity index (χ2v) is 3.05. The SMILES string of the molecule is OC[C@H]1C[C@H]2CC[C@@H]1O2. The van der Waals surface area contributed by atoms with Crippen molar-refractivity contribution >= 4 is 0 Å². The third kappa shape index (κ3) is 0.775. The first-order valence-corrected chi connectivity index (χ1v) is 3.66. The van der Waals surface area contributed by atoms with Gasteiger partial charge in [-0.3, -0.25) is 0 Å². The first kappa shape index (κ1) is 5.69. The van der Waals surface area contributed by atoms with Gasteiger partial charge in [0.25, 0.3) is 0 Å². The van der Waals surface area contributed by atoms with Gasteiger partial charge < -0.3 is 9.84 Å². The van der Waals surface area contributed by atoms with E-state index in [-0.39, 0.29) is 0 Å². The Balaban J connectivity index is 2.01. The molecule has 0 radical (unpaired) electrons. The molecule has 2 rings (SSSR count). The fraction of sp³-hybridized carbons (Fsp3) is 1.00. The lowest BCUT2D eigenvalue weighted by Crippen LogP contribution is -2.19. The van der Waals surface area contributed by atoms with Gasteiger partial charge in [0.2, 0.25) is 0 Å². The highest BCUT2D eigenvalue weighted by Gasteiger charge is 2.39. The van der Waals surface area contributed by atoms with Crippen molar-refractivity contribution in [3.8, 4) is 0 Å². The molecule has 0 unspecified atom stereocenters. The summed E-state index contributed by atoms with van der Waals surface area (Å²) in [6.07, 6.45) is 4.39. The third-order valence-corrected chi connectivity index (χ3v) is 2.47. The molecule has 2 heterocycles. The molecule has 52 valence electrons. The van der Waals surface area contributed by atoms with Gasteiger partial charge in [-0.05, 0) is 19.3 Å². The average Bonchev–Trinajstić information content (AvgIpc) is 2.45. The van der Waals surface area contributed by atoms with Crippen molar-refractivity contribution in [2.45, 2.75) is 31.5 Å². The lowest BCUT2D eigenvalue weighted by Gasteiger charge is -2.14. The Morgan fingerprint density at radius 2 is 2.33 bits per heavy atom. The highest BCUT2D eigenvalue weighted by Crippen LogP contribution is 2.38. The van der Waals surface area contributed by atoms with E-state index in [4.69, 9.17) is 9.84 Å². The normalized spacial score (nSPS) is 48.3. The van der Waals surface area contributed by atoms with Gasteiger partial charge in [-0.15, -0.1) is 0 Å². The second-order valence-electron chi connectivity index (χ2n) is 3.05. The molecule has 2 aliphatic rings. The van der Waals surface area contributed by atoms with Crippen molar-refractivity contribution in [1.82, 2.24) is 0 Å². The molecule has 9 heavy (non-hydrogen) atoms. The quantitative estimate of drug-likeness (QED) is 0.558. The van der Waals surface area contributed by atoms with Crippen LogP contribution in [0.2, 0.25) is 0 Å². The first-order valence-electron chi connectivity index (χ1n) is 3.66. The summed E-state index contributed by atoms with van der Waals surface area (Å²) in [6, 6.07) is 0. The molecule has 1 N–H and O–H groups in total. The Kier molecular flexibility index (Phi) is 1.24. The molecular weight excluding hydrogens is 116 g/mol. The molecule has 2 heteroatoms. The Hall–Kier alpha value is -0.0800. The largest absolute Gasteiger partial charge is 0.396 e. The van der Waals surface area contributed by atoms with Crippen LogP contribution in [0.4, 0.5) is 0 Å². The van der Waals surface area contributed by atoms with Gasteiger partial charge in [0.1, 0.15) is 0 Å². The average molecular weight is 128 g/mol. The number of ether oxygens (including phenoxy) is 1. The van der Waals surface area contributed by atoms with Gasteiger partial charge in [-0.25, -0.2) is 0 Å². The van der Waals surface area contributed by atoms with E-state index in [0.29, 0.717) is 24.7 Å². The third-order valence-electron chi connectivity index (χ3n) is 2.47. The monoisotopic (exact) mass is 128 g/mol. The number of hydrogen-bond donors (Lipinski definition) is 1. The van der Waals surface area contributed by atoms with Crippen LogP contribution in [-0.2, 0) is 4.74 Å². The summed E-state index contributed by atoms with van der Waals surface area (Å²) in [5.41, 5.74) is 0. The zero-order chi connectivity index (χ0) is 6.27. The van der Waals surface area contributed by atoms with Crippen LogP contribution in [0.25, 0.3) is 0 Å². The van der Waals surface area contributed by atoms with Crippen LogP contribution >= 0.6 is 0 Å². The van der Waals surface area contributed by atoms with E-state index in [1.54, 1.807) is 0 Å². The zero-order valence-corrected chi connectivity index (χ0v) is 5.42. The zero-order valence-electron chi connectivity index (χ0n) is 5.42. The molecule has 3 atom stereocenters. The fourth-order valence-corrected chi connectivity index (χ4v) is 1.94. The van der Waals surface area contributed by atoms with Crippen LogP contribution in [-0.4, -0.2) is 23.9 Å². The van der Waals surface area contributed by atoms with Gasteiger partial charge in [0.05, 0.1) is 12.2 Å². The molecule has 0 saturated carbocycles. The molecule has 0 aromatic rings. The van der Waals surface area contributed by atoms with Crippen molar-refractivity contribution in [2.24, 2.45) is 5.92 Å². The topological polar surface area (TPSA) is 29.5 Å². The fourth-order valence-electron chi connectivity index (χ4n) is 1.94. The van der Waals surface area contributed by atoms with Gasteiger partial charge in [0, 0.05) is 12.5 Å². The number of aliphatic hydroxyl groups excluding tert-OH is 1. The summed E-state index contributed by atoms with van der Waals surface area (Å²) in [6.45, 7) is 0.321. The Morgan fingerprint density at radius 3 is 2.67 bits per heavy atom. The molecule has 2 aliphatic heterocycles. The minimum atomic E-state index is 0.321. The highest BCUT2D eigenvalue weighted by atomic mass is 16.5. The van der Waals surface area contributed by atoms with Crippen molar-refractivity contribution in [3.63, 3.8) is 0 Å². The Morgan fingerprint density at radius 1 is 1.44 bits per heavy atom. The molecule has 0 amide bonds. The predicted octanol–water partition coefficient (Wildman–Crippen LogP) is 0.546. The van der Waals surface area contributed by atoms with E-state index in [2.05, 4.69) is 0 Å². The second kappa shape index (κ2) is 1.96. The van der Waals surface area contributed by atoms with E-state index in [0.717, 1.165) is 6.42 Å². The molecule has 2 bridgehead atoms. The molecular formula is C7H12O2. The van der Waals surface area contributed by atoms with Crippen molar-refractivity contribution in [3.05, 3.63) is 0 Å². The lowest BCUT2D eigenvalue weighted by atomic mass is 9.90. The van der Waals surface area contributed by atoms with Gasteiger partial charge in [-0.1, -0.05) is 0 Å². The van der Waals surface area contributed by atoms with Crippen molar-refractivity contribution in [1.29, 1.82) is 0 Å². The maximum Gasteiger partial charge on any atom is 0.0630 e. The van der Waals surface area contributed by atoms with Crippen LogP contribution < -0.4 is 0 Å². The summed E-state index contributed by atoms with van der Waals surface area (Å²) in [5.74, 6) is 0.462. The molecule has 0 aromatic carbocycles. The minimum absolute atomic E-state index is 0.321.